The average Bonchev–Trinajstić information content (AvgIpc) is 2.86. The molecule has 5 heteroatoms. The zero-order chi connectivity index (χ0) is 11.8. The summed E-state index contributed by atoms with van der Waals surface area (Å²) in [6.07, 6.45) is -0.427. The first-order chi connectivity index (χ1) is 8.24. The van der Waals surface area contributed by atoms with Gasteiger partial charge in [-0.25, -0.2) is 9.78 Å². The molecule has 1 aromatic carbocycles. The van der Waals surface area contributed by atoms with Crippen LogP contribution in [0.1, 0.15) is 27.8 Å². The number of nitrogens with zero attached hydrogens (tertiary/aromatic N) is 1. The molecule has 0 saturated heterocycles. The van der Waals surface area contributed by atoms with E-state index in [-0.39, 0.29) is 5.97 Å². The Labute approximate surface area is 102 Å². The fraction of sp³-hybridized carbons (Fsp3) is 0.167. The Morgan fingerprint density at radius 3 is 3.00 bits per heavy atom. The second-order valence-electron chi connectivity index (χ2n) is 3.81. The highest BCUT2D eigenvalue weighted by atomic mass is 32.1. The number of aryl methyl sites for hydroxylation is 1. The monoisotopic (exact) mass is 246 g/mol. The molecule has 0 aliphatic carbocycles. The van der Waals surface area contributed by atoms with Crippen molar-refractivity contribution in [2.24, 2.45) is 0 Å². The summed E-state index contributed by atoms with van der Waals surface area (Å²) in [5.74, 6) is -0.286. The molecule has 0 saturated carbocycles. The van der Waals surface area contributed by atoms with Gasteiger partial charge in [0.1, 0.15) is 0 Å². The third kappa shape index (κ3) is 1.78. The van der Waals surface area contributed by atoms with Crippen LogP contribution in [0, 0.1) is 6.92 Å². The maximum Gasteiger partial charge on any atom is 0.340 e. The Bertz CT molecular complexity index is 579. The van der Waals surface area contributed by atoms with Crippen molar-refractivity contribution >= 4 is 22.4 Å². The van der Waals surface area contributed by atoms with Gasteiger partial charge in [-0.1, -0.05) is 18.2 Å². The number of thiazole rings is 1. The van der Waals surface area contributed by atoms with Crippen LogP contribution in [-0.4, -0.2) is 11.0 Å². The molecule has 1 aliphatic rings. The summed E-state index contributed by atoms with van der Waals surface area (Å²) < 4.78 is 5.26. The lowest BCUT2D eigenvalue weighted by Crippen LogP contribution is -2.09. The second kappa shape index (κ2) is 3.85. The molecule has 2 heterocycles. The molecule has 1 unspecified atom stereocenters. The van der Waals surface area contributed by atoms with E-state index in [0.29, 0.717) is 5.56 Å². The highest BCUT2D eigenvalue weighted by molar-refractivity contribution is 7.13. The van der Waals surface area contributed by atoms with Crippen LogP contribution in [0.25, 0.3) is 0 Å². The van der Waals surface area contributed by atoms with E-state index in [0.717, 1.165) is 16.4 Å². The molecule has 0 bridgehead atoms. The number of cyclic esters (lactones) is 1. The van der Waals surface area contributed by atoms with Gasteiger partial charge in [-0.15, -0.1) is 11.3 Å². The first-order valence-corrected chi connectivity index (χ1v) is 6.10. The lowest BCUT2D eigenvalue weighted by Gasteiger charge is -2.11. The molecular formula is C12H10N2O2S. The summed E-state index contributed by atoms with van der Waals surface area (Å²) in [7, 11) is 0. The van der Waals surface area contributed by atoms with Crippen molar-refractivity contribution in [1.82, 2.24) is 4.98 Å². The van der Waals surface area contributed by atoms with Crippen molar-refractivity contribution in [1.29, 1.82) is 0 Å². The number of ether oxygens (including phenoxy) is 1. The number of nitrogens with one attached hydrogen (secondary N) is 1. The summed E-state index contributed by atoms with van der Waals surface area (Å²) in [6.45, 7) is 1.93. The summed E-state index contributed by atoms with van der Waals surface area (Å²) >= 11 is 1.50. The number of carbonyl (C=O) groups is 1. The summed E-state index contributed by atoms with van der Waals surface area (Å²) in [6, 6.07) is 7.38. The van der Waals surface area contributed by atoms with Gasteiger partial charge >= 0.3 is 5.97 Å². The lowest BCUT2D eigenvalue weighted by atomic mass is 10.1. The van der Waals surface area contributed by atoms with Gasteiger partial charge in [0, 0.05) is 10.9 Å². The summed E-state index contributed by atoms with van der Waals surface area (Å²) in [4.78, 5) is 15.9. The molecule has 1 aromatic heterocycles. The number of hydrogen-bond donors (Lipinski definition) is 1. The predicted octanol–water partition coefficient (Wildman–Crippen LogP) is 2.73. The molecule has 1 N–H and O–H groups in total. The van der Waals surface area contributed by atoms with Crippen molar-refractivity contribution in [3.05, 3.63) is 46.5 Å². The number of aromatic nitrogens is 1. The molecule has 2 aromatic rings. The van der Waals surface area contributed by atoms with E-state index < -0.39 is 6.23 Å². The zero-order valence-electron chi connectivity index (χ0n) is 9.14. The van der Waals surface area contributed by atoms with Gasteiger partial charge in [-0.05, 0) is 13.0 Å². The Morgan fingerprint density at radius 1 is 1.41 bits per heavy atom. The highest BCUT2D eigenvalue weighted by Crippen LogP contribution is 2.31. The normalized spacial score (nSPS) is 17.7. The van der Waals surface area contributed by atoms with E-state index in [1.54, 1.807) is 6.07 Å². The average molecular weight is 246 g/mol. The van der Waals surface area contributed by atoms with Gasteiger partial charge in [-0.2, -0.15) is 0 Å². The molecule has 4 nitrogen and oxygen atoms in total. The standard InChI is InChI=1S/C12H10N2O2S/c1-7-6-17-12(13-7)14-10-8-4-2-3-5-9(8)11(15)16-10/h2-6,10H,1H3,(H,13,14). The Morgan fingerprint density at radius 2 is 2.24 bits per heavy atom. The first kappa shape index (κ1) is 10.3. The third-order valence-corrected chi connectivity index (χ3v) is 3.45. The largest absolute Gasteiger partial charge is 0.434 e. The molecule has 86 valence electrons. The Balaban J connectivity index is 1.89. The molecule has 17 heavy (non-hydrogen) atoms. The van der Waals surface area contributed by atoms with Crippen LogP contribution in [0.2, 0.25) is 0 Å². The van der Waals surface area contributed by atoms with E-state index >= 15 is 0 Å². The number of rotatable bonds is 2. The number of anilines is 1. The maximum atomic E-state index is 11.6. The molecule has 1 aliphatic heterocycles. The fourth-order valence-electron chi connectivity index (χ4n) is 1.79. The fourth-order valence-corrected chi connectivity index (χ4v) is 2.49. The van der Waals surface area contributed by atoms with Crippen molar-refractivity contribution in [2.75, 3.05) is 5.32 Å². The van der Waals surface area contributed by atoms with Crippen LogP contribution in [0.5, 0.6) is 0 Å². The topological polar surface area (TPSA) is 51.2 Å². The van der Waals surface area contributed by atoms with E-state index in [1.165, 1.54) is 11.3 Å². The highest BCUT2D eigenvalue weighted by Gasteiger charge is 2.30. The second-order valence-corrected chi connectivity index (χ2v) is 4.67. The van der Waals surface area contributed by atoms with E-state index in [4.69, 9.17) is 4.74 Å². The van der Waals surface area contributed by atoms with Crippen LogP contribution in [-0.2, 0) is 4.74 Å². The van der Waals surface area contributed by atoms with Gasteiger partial charge in [0.2, 0.25) is 6.23 Å². The molecule has 0 radical (unpaired) electrons. The molecule has 1 atom stereocenters. The van der Waals surface area contributed by atoms with Crippen molar-refractivity contribution in [2.45, 2.75) is 13.2 Å². The third-order valence-electron chi connectivity index (χ3n) is 2.56. The minimum absolute atomic E-state index is 0.286. The lowest BCUT2D eigenvalue weighted by molar-refractivity contribution is 0.0437. The minimum Gasteiger partial charge on any atom is -0.434 e. The van der Waals surface area contributed by atoms with Crippen LogP contribution in [0.15, 0.2) is 29.6 Å². The van der Waals surface area contributed by atoms with Crippen LogP contribution < -0.4 is 5.32 Å². The molecular weight excluding hydrogens is 236 g/mol. The van der Waals surface area contributed by atoms with E-state index in [1.807, 2.05) is 30.5 Å². The van der Waals surface area contributed by atoms with Crippen molar-refractivity contribution in [3.63, 3.8) is 0 Å². The van der Waals surface area contributed by atoms with Crippen molar-refractivity contribution in [3.8, 4) is 0 Å². The molecule has 0 amide bonds. The summed E-state index contributed by atoms with van der Waals surface area (Å²) in [5.41, 5.74) is 2.44. The van der Waals surface area contributed by atoms with Crippen LogP contribution in [0.4, 0.5) is 5.13 Å². The van der Waals surface area contributed by atoms with Gasteiger partial charge < -0.3 is 10.1 Å². The maximum absolute atomic E-state index is 11.6. The first-order valence-electron chi connectivity index (χ1n) is 5.22. The molecule has 0 fully saturated rings. The number of hydrogen-bond acceptors (Lipinski definition) is 5. The number of carbonyl (C=O) groups excluding carboxylic acids is 1. The van der Waals surface area contributed by atoms with Gasteiger partial charge in [0.05, 0.1) is 11.3 Å². The van der Waals surface area contributed by atoms with Gasteiger partial charge in [-0.3, -0.25) is 0 Å². The SMILES string of the molecule is Cc1csc(NC2OC(=O)c3ccccc32)n1. The van der Waals surface area contributed by atoms with E-state index in [9.17, 15) is 4.79 Å². The zero-order valence-corrected chi connectivity index (χ0v) is 9.95. The number of esters is 1. The van der Waals surface area contributed by atoms with Crippen LogP contribution >= 0.6 is 11.3 Å². The smallest absolute Gasteiger partial charge is 0.340 e. The number of benzene rings is 1. The Hall–Kier alpha value is -1.88. The van der Waals surface area contributed by atoms with Gasteiger partial charge in [0.15, 0.2) is 5.13 Å². The molecule has 3 rings (SSSR count). The van der Waals surface area contributed by atoms with Crippen LogP contribution in [0.3, 0.4) is 0 Å². The Kier molecular flexibility index (Phi) is 2.33. The molecule has 0 spiro atoms. The van der Waals surface area contributed by atoms with Crippen molar-refractivity contribution < 1.29 is 9.53 Å². The predicted molar refractivity (Wildman–Crippen MR) is 65.1 cm³/mol. The quantitative estimate of drug-likeness (QED) is 0.828. The minimum atomic E-state index is -0.427. The number of fused-ring (bicyclic) bond motifs is 1. The van der Waals surface area contributed by atoms with E-state index in [2.05, 4.69) is 10.3 Å². The summed E-state index contributed by atoms with van der Waals surface area (Å²) in [5, 5.41) is 5.82. The van der Waals surface area contributed by atoms with Gasteiger partial charge in [0.25, 0.3) is 0 Å².